The Kier molecular flexibility index (Phi) is 5.73. The van der Waals surface area contributed by atoms with E-state index in [2.05, 4.69) is 0 Å². The topological polar surface area (TPSA) is 80.8 Å². The molecule has 0 radical (unpaired) electrons. The lowest BCUT2D eigenvalue weighted by Gasteiger charge is -2.28. The van der Waals surface area contributed by atoms with Crippen molar-refractivity contribution < 1.29 is 22.7 Å². The van der Waals surface area contributed by atoms with Crippen LogP contribution in [0, 0.1) is 0 Å². The van der Waals surface area contributed by atoms with Gasteiger partial charge in [0.25, 0.3) is 5.91 Å². The molecule has 1 saturated heterocycles. The smallest absolute Gasteiger partial charge is 0.348 e. The minimum absolute atomic E-state index is 0.0511. The number of amides is 1. The van der Waals surface area contributed by atoms with Crippen LogP contribution in [0.25, 0.3) is 0 Å². The molecule has 26 heavy (non-hydrogen) atoms. The van der Waals surface area contributed by atoms with Crippen molar-refractivity contribution in [1.29, 1.82) is 0 Å². The third-order valence-corrected chi connectivity index (χ3v) is 6.81. The number of carbonyl (C=O) groups is 2. The van der Waals surface area contributed by atoms with Crippen LogP contribution in [0.1, 0.15) is 21.7 Å². The fraction of sp³-hybridized carbons (Fsp3) is 0.333. The summed E-state index contributed by atoms with van der Waals surface area (Å²) in [7, 11) is -3.13. The van der Waals surface area contributed by atoms with Crippen LogP contribution in [0.2, 0.25) is 0 Å². The average Bonchev–Trinajstić information content (AvgIpc) is 3.28. The van der Waals surface area contributed by atoms with Crippen LogP contribution in [0.3, 0.4) is 0 Å². The van der Waals surface area contributed by atoms with Gasteiger partial charge in [0.05, 0.1) is 11.5 Å². The molecule has 1 fully saturated rings. The van der Waals surface area contributed by atoms with Gasteiger partial charge in [-0.05, 0) is 23.4 Å². The van der Waals surface area contributed by atoms with Gasteiger partial charge in [0.1, 0.15) is 4.88 Å². The summed E-state index contributed by atoms with van der Waals surface area (Å²) in [5.41, 5.74) is 0.898. The van der Waals surface area contributed by atoms with Crippen molar-refractivity contribution in [2.24, 2.45) is 0 Å². The Morgan fingerprint density at radius 1 is 1.15 bits per heavy atom. The second-order valence-electron chi connectivity index (χ2n) is 6.12. The second-order valence-corrected chi connectivity index (χ2v) is 9.29. The molecule has 1 aliphatic rings. The SMILES string of the molecule is O=C(OCC(=O)N(Cc1ccccc1)[C@@H]1CCS(=O)(=O)C1)c1cccs1. The molecule has 1 aromatic carbocycles. The maximum atomic E-state index is 12.7. The van der Waals surface area contributed by atoms with Crippen molar-refractivity contribution >= 4 is 33.1 Å². The van der Waals surface area contributed by atoms with Gasteiger partial charge >= 0.3 is 5.97 Å². The minimum atomic E-state index is -3.13. The molecule has 0 aliphatic carbocycles. The summed E-state index contributed by atoms with van der Waals surface area (Å²) in [6.45, 7) is -0.115. The van der Waals surface area contributed by atoms with Gasteiger partial charge in [0.15, 0.2) is 16.4 Å². The maximum absolute atomic E-state index is 12.7. The summed E-state index contributed by atoms with van der Waals surface area (Å²) in [6, 6.07) is 12.3. The summed E-state index contributed by atoms with van der Waals surface area (Å²) in [6.07, 6.45) is 0.403. The Morgan fingerprint density at radius 3 is 2.54 bits per heavy atom. The van der Waals surface area contributed by atoms with Crippen LogP contribution in [0.4, 0.5) is 0 Å². The number of benzene rings is 1. The number of esters is 1. The van der Waals surface area contributed by atoms with Crippen LogP contribution in [0.5, 0.6) is 0 Å². The number of rotatable bonds is 6. The highest BCUT2D eigenvalue weighted by Gasteiger charge is 2.35. The Morgan fingerprint density at radius 2 is 1.92 bits per heavy atom. The second kappa shape index (κ2) is 8.01. The molecule has 8 heteroatoms. The van der Waals surface area contributed by atoms with Crippen molar-refractivity contribution in [3.05, 3.63) is 58.3 Å². The van der Waals surface area contributed by atoms with E-state index in [1.807, 2.05) is 30.3 Å². The van der Waals surface area contributed by atoms with Crippen molar-refractivity contribution in [2.45, 2.75) is 19.0 Å². The Hall–Kier alpha value is -2.19. The summed E-state index contributed by atoms with van der Waals surface area (Å²) < 4.78 is 28.7. The van der Waals surface area contributed by atoms with Crippen molar-refractivity contribution in [1.82, 2.24) is 4.90 Å². The van der Waals surface area contributed by atoms with Crippen molar-refractivity contribution in [3.63, 3.8) is 0 Å². The van der Waals surface area contributed by atoms with Gasteiger partial charge in [0, 0.05) is 12.6 Å². The number of ether oxygens (including phenoxy) is 1. The number of hydrogen-bond acceptors (Lipinski definition) is 6. The van der Waals surface area contributed by atoms with E-state index in [9.17, 15) is 18.0 Å². The molecule has 0 spiro atoms. The quantitative estimate of drug-likeness (QED) is 0.702. The standard InChI is InChI=1S/C18H19NO5S2/c20-17(12-24-18(21)16-7-4-9-25-16)19(11-14-5-2-1-3-6-14)15-8-10-26(22,23)13-15/h1-7,9,15H,8,10-13H2/t15-/m1/s1. The molecule has 6 nitrogen and oxygen atoms in total. The highest BCUT2D eigenvalue weighted by atomic mass is 32.2. The zero-order valence-electron chi connectivity index (χ0n) is 14.0. The molecule has 2 aromatic rings. The summed E-state index contributed by atoms with van der Waals surface area (Å²) in [5.74, 6) is -0.914. The molecular weight excluding hydrogens is 374 g/mol. The van der Waals surface area contributed by atoms with E-state index in [1.165, 1.54) is 16.2 Å². The van der Waals surface area contributed by atoms with E-state index < -0.39 is 28.5 Å². The first-order valence-corrected chi connectivity index (χ1v) is 10.9. The Bertz CT molecular complexity index is 862. The van der Waals surface area contributed by atoms with Crippen molar-refractivity contribution in [3.8, 4) is 0 Å². The van der Waals surface area contributed by atoms with Crippen LogP contribution < -0.4 is 0 Å². The Labute approximate surface area is 156 Å². The lowest BCUT2D eigenvalue weighted by molar-refractivity contribution is -0.137. The highest BCUT2D eigenvalue weighted by molar-refractivity contribution is 7.91. The first-order chi connectivity index (χ1) is 12.4. The molecule has 1 amide bonds. The lowest BCUT2D eigenvalue weighted by atomic mass is 10.1. The largest absolute Gasteiger partial charge is 0.451 e. The molecule has 0 unspecified atom stereocenters. The van der Waals surface area contributed by atoms with E-state index in [1.54, 1.807) is 17.5 Å². The predicted octanol–water partition coefficient (Wildman–Crippen LogP) is 2.12. The van der Waals surface area contributed by atoms with Gasteiger partial charge in [0.2, 0.25) is 0 Å². The molecular formula is C18H19NO5S2. The molecule has 2 heterocycles. The number of sulfone groups is 1. The lowest BCUT2D eigenvalue weighted by Crippen LogP contribution is -2.42. The summed E-state index contributed by atoms with van der Waals surface area (Å²) in [4.78, 5) is 26.6. The van der Waals surface area contributed by atoms with Gasteiger partial charge in [-0.25, -0.2) is 13.2 Å². The zero-order chi connectivity index (χ0) is 18.6. The van der Waals surface area contributed by atoms with Crippen LogP contribution >= 0.6 is 11.3 Å². The number of carbonyl (C=O) groups excluding carboxylic acids is 2. The van der Waals surface area contributed by atoms with Crippen LogP contribution in [-0.4, -0.2) is 49.3 Å². The third-order valence-electron chi connectivity index (χ3n) is 4.21. The van der Waals surface area contributed by atoms with E-state index >= 15 is 0 Å². The fourth-order valence-electron chi connectivity index (χ4n) is 2.90. The third kappa shape index (κ3) is 4.70. The summed E-state index contributed by atoms with van der Waals surface area (Å²) in [5, 5.41) is 1.75. The van der Waals surface area contributed by atoms with E-state index in [-0.39, 0.29) is 24.0 Å². The van der Waals surface area contributed by atoms with Gasteiger partial charge in [-0.2, -0.15) is 0 Å². The van der Waals surface area contributed by atoms with E-state index in [0.29, 0.717) is 11.3 Å². The number of hydrogen-bond donors (Lipinski definition) is 0. The highest BCUT2D eigenvalue weighted by Crippen LogP contribution is 2.20. The van der Waals surface area contributed by atoms with Gasteiger partial charge in [-0.1, -0.05) is 36.4 Å². The normalized spacial score (nSPS) is 18.4. The molecule has 1 atom stereocenters. The minimum Gasteiger partial charge on any atom is -0.451 e. The van der Waals surface area contributed by atoms with Crippen LogP contribution in [0.15, 0.2) is 47.8 Å². The zero-order valence-corrected chi connectivity index (χ0v) is 15.7. The van der Waals surface area contributed by atoms with Crippen LogP contribution in [-0.2, 0) is 25.9 Å². The summed E-state index contributed by atoms with van der Waals surface area (Å²) >= 11 is 1.24. The molecule has 138 valence electrons. The van der Waals surface area contributed by atoms with Gasteiger partial charge in [-0.15, -0.1) is 11.3 Å². The van der Waals surface area contributed by atoms with Crippen molar-refractivity contribution in [2.75, 3.05) is 18.1 Å². The molecule has 3 rings (SSSR count). The van der Waals surface area contributed by atoms with Gasteiger partial charge in [-0.3, -0.25) is 4.79 Å². The maximum Gasteiger partial charge on any atom is 0.348 e. The molecule has 1 aromatic heterocycles. The molecule has 0 bridgehead atoms. The first kappa shape index (κ1) is 18.6. The monoisotopic (exact) mass is 393 g/mol. The molecule has 0 N–H and O–H groups in total. The number of nitrogens with zero attached hydrogens (tertiary/aromatic N) is 1. The van der Waals surface area contributed by atoms with Gasteiger partial charge < -0.3 is 9.64 Å². The fourth-order valence-corrected chi connectivity index (χ4v) is 5.24. The first-order valence-electron chi connectivity index (χ1n) is 8.19. The van der Waals surface area contributed by atoms with E-state index in [4.69, 9.17) is 4.74 Å². The van der Waals surface area contributed by atoms with E-state index in [0.717, 1.165) is 5.56 Å². The Balaban J connectivity index is 1.69. The molecule has 1 aliphatic heterocycles. The molecule has 0 saturated carbocycles. The average molecular weight is 393 g/mol. The number of thiophene rings is 1. The predicted molar refractivity (Wildman–Crippen MR) is 98.7 cm³/mol.